The lowest BCUT2D eigenvalue weighted by Gasteiger charge is -2.42. The van der Waals surface area contributed by atoms with Crippen LogP contribution < -0.4 is 0 Å². The Morgan fingerprint density at radius 3 is 2.07 bits per heavy atom. The standard InChI is InChI=1S/C40H48O4/c1-3-12-37-40(43-29-34-16-8-5-9-17-34)39(42-28-33-14-6-4-7-15-33)27-38(44-37)35-23-18-30(2)36(26-35)25-32-21-19-31(20-22-32)13-10-11-24-41/h4-9,14-23,26,37-41H,3,10-13,24-25,27-29H2,1-2H3/t37?,38?,39?,40-/m1/s1. The predicted octanol–water partition coefficient (Wildman–Crippen LogP) is 8.70. The second-order valence-corrected chi connectivity index (χ2v) is 12.1. The molecule has 4 aromatic rings. The van der Waals surface area contributed by atoms with Crippen molar-refractivity contribution in [3.05, 3.63) is 142 Å². The molecule has 1 saturated heterocycles. The lowest BCUT2D eigenvalue weighted by molar-refractivity contribution is -0.211. The van der Waals surface area contributed by atoms with E-state index in [2.05, 4.69) is 105 Å². The van der Waals surface area contributed by atoms with Crippen LogP contribution in [-0.4, -0.2) is 30.0 Å². The van der Waals surface area contributed by atoms with E-state index < -0.39 is 0 Å². The van der Waals surface area contributed by atoms with Gasteiger partial charge in [-0.3, -0.25) is 0 Å². The van der Waals surface area contributed by atoms with Crippen LogP contribution in [0, 0.1) is 6.92 Å². The van der Waals surface area contributed by atoms with Crippen molar-refractivity contribution >= 4 is 0 Å². The van der Waals surface area contributed by atoms with Crippen molar-refractivity contribution < 1.29 is 19.3 Å². The Morgan fingerprint density at radius 1 is 0.750 bits per heavy atom. The first-order chi connectivity index (χ1) is 21.6. The molecular weight excluding hydrogens is 544 g/mol. The molecule has 1 fully saturated rings. The Bertz CT molecular complexity index is 1390. The summed E-state index contributed by atoms with van der Waals surface area (Å²) in [5.74, 6) is 0. The van der Waals surface area contributed by atoms with Gasteiger partial charge in [0.05, 0.1) is 31.5 Å². The summed E-state index contributed by atoms with van der Waals surface area (Å²) in [4.78, 5) is 0. The fourth-order valence-corrected chi connectivity index (χ4v) is 6.15. The summed E-state index contributed by atoms with van der Waals surface area (Å²) < 4.78 is 20.2. The molecule has 1 N–H and O–H groups in total. The van der Waals surface area contributed by atoms with Gasteiger partial charge in [0.25, 0.3) is 0 Å². The summed E-state index contributed by atoms with van der Waals surface area (Å²) in [6.45, 7) is 5.77. The molecule has 5 rings (SSSR count). The third kappa shape index (κ3) is 9.12. The van der Waals surface area contributed by atoms with E-state index in [1.165, 1.54) is 33.4 Å². The normalized spacial score (nSPS) is 20.1. The first-order valence-corrected chi connectivity index (χ1v) is 16.4. The number of rotatable bonds is 15. The molecule has 4 nitrogen and oxygen atoms in total. The lowest BCUT2D eigenvalue weighted by Crippen LogP contribution is -2.48. The molecule has 3 unspecified atom stereocenters. The van der Waals surface area contributed by atoms with E-state index in [0.29, 0.717) is 13.2 Å². The van der Waals surface area contributed by atoms with Crippen LogP contribution in [0.3, 0.4) is 0 Å². The van der Waals surface area contributed by atoms with Crippen LogP contribution in [0.4, 0.5) is 0 Å². The first kappa shape index (κ1) is 32.1. The molecule has 0 amide bonds. The highest BCUT2D eigenvalue weighted by atomic mass is 16.6. The average Bonchev–Trinajstić information content (AvgIpc) is 3.06. The molecule has 0 saturated carbocycles. The molecule has 44 heavy (non-hydrogen) atoms. The number of aliphatic hydroxyl groups excluding tert-OH is 1. The highest BCUT2D eigenvalue weighted by Crippen LogP contribution is 2.38. The zero-order chi connectivity index (χ0) is 30.6. The minimum atomic E-state index is -0.143. The molecule has 1 heterocycles. The van der Waals surface area contributed by atoms with E-state index in [0.717, 1.165) is 50.5 Å². The SMILES string of the molecule is CCCC1OC(c2ccc(C)c(Cc3ccc(CCCCO)cc3)c2)CC(OCc2ccccc2)[C@@H]1OCc1ccccc1. The van der Waals surface area contributed by atoms with E-state index in [-0.39, 0.29) is 31.0 Å². The number of unbranched alkanes of at least 4 members (excludes halogenated alkanes) is 1. The molecule has 0 bridgehead atoms. The smallest absolute Gasteiger partial charge is 0.110 e. The highest BCUT2D eigenvalue weighted by molar-refractivity contribution is 5.37. The van der Waals surface area contributed by atoms with Crippen molar-refractivity contribution in [2.24, 2.45) is 0 Å². The van der Waals surface area contributed by atoms with Crippen molar-refractivity contribution in [2.45, 2.75) is 96.4 Å². The molecule has 4 heteroatoms. The minimum absolute atomic E-state index is 0.0497. The van der Waals surface area contributed by atoms with Crippen LogP contribution in [0.15, 0.2) is 103 Å². The number of hydrogen-bond donors (Lipinski definition) is 1. The van der Waals surface area contributed by atoms with Crippen molar-refractivity contribution in [2.75, 3.05) is 6.61 Å². The van der Waals surface area contributed by atoms with Gasteiger partial charge in [-0.15, -0.1) is 0 Å². The molecule has 1 aliphatic heterocycles. The number of hydrogen-bond acceptors (Lipinski definition) is 4. The third-order valence-corrected chi connectivity index (χ3v) is 8.72. The monoisotopic (exact) mass is 592 g/mol. The molecule has 4 atom stereocenters. The van der Waals surface area contributed by atoms with E-state index in [9.17, 15) is 0 Å². The van der Waals surface area contributed by atoms with Crippen LogP contribution in [-0.2, 0) is 40.3 Å². The van der Waals surface area contributed by atoms with Gasteiger partial charge in [0, 0.05) is 13.0 Å². The maximum absolute atomic E-state index is 9.08. The van der Waals surface area contributed by atoms with Crippen LogP contribution >= 0.6 is 0 Å². The Labute approximate surface area is 264 Å². The number of ether oxygens (including phenoxy) is 3. The van der Waals surface area contributed by atoms with Crippen LogP contribution in [0.2, 0.25) is 0 Å². The van der Waals surface area contributed by atoms with E-state index >= 15 is 0 Å². The van der Waals surface area contributed by atoms with Gasteiger partial charge >= 0.3 is 0 Å². The van der Waals surface area contributed by atoms with Gasteiger partial charge in [-0.2, -0.15) is 0 Å². The molecule has 0 radical (unpaired) electrons. The maximum atomic E-state index is 9.08. The van der Waals surface area contributed by atoms with E-state index in [4.69, 9.17) is 19.3 Å². The Balaban J connectivity index is 1.33. The van der Waals surface area contributed by atoms with Crippen LogP contribution in [0.5, 0.6) is 0 Å². The second-order valence-electron chi connectivity index (χ2n) is 12.1. The minimum Gasteiger partial charge on any atom is -0.396 e. The lowest BCUT2D eigenvalue weighted by atomic mass is 9.89. The quantitative estimate of drug-likeness (QED) is 0.140. The number of aryl methyl sites for hydroxylation is 2. The number of aliphatic hydroxyl groups is 1. The molecule has 232 valence electrons. The summed E-state index contributed by atoms with van der Waals surface area (Å²) in [5.41, 5.74) is 8.80. The Hall–Kier alpha value is -3.28. The fraction of sp³-hybridized carbons (Fsp3) is 0.400. The van der Waals surface area contributed by atoms with Gasteiger partial charge in [0.2, 0.25) is 0 Å². The average molecular weight is 593 g/mol. The molecule has 0 aromatic heterocycles. The van der Waals surface area contributed by atoms with E-state index in [1.807, 2.05) is 12.1 Å². The van der Waals surface area contributed by atoms with Crippen LogP contribution in [0.25, 0.3) is 0 Å². The topological polar surface area (TPSA) is 47.9 Å². The van der Waals surface area contributed by atoms with Gasteiger partial charge in [-0.05, 0) is 78.0 Å². The van der Waals surface area contributed by atoms with Crippen molar-refractivity contribution in [3.63, 3.8) is 0 Å². The zero-order valence-electron chi connectivity index (χ0n) is 26.4. The predicted molar refractivity (Wildman–Crippen MR) is 178 cm³/mol. The summed E-state index contributed by atoms with van der Waals surface area (Å²) in [6.07, 6.45) is 6.12. The maximum Gasteiger partial charge on any atom is 0.110 e. The summed E-state index contributed by atoms with van der Waals surface area (Å²) in [5, 5.41) is 9.08. The molecular formula is C40H48O4. The van der Waals surface area contributed by atoms with E-state index in [1.54, 1.807) is 0 Å². The number of benzene rings is 4. The highest BCUT2D eigenvalue weighted by Gasteiger charge is 2.40. The molecule has 1 aliphatic rings. The van der Waals surface area contributed by atoms with Gasteiger partial charge in [-0.25, -0.2) is 0 Å². The van der Waals surface area contributed by atoms with Gasteiger partial charge in [0.1, 0.15) is 6.10 Å². The van der Waals surface area contributed by atoms with Crippen molar-refractivity contribution in [1.29, 1.82) is 0 Å². The zero-order valence-corrected chi connectivity index (χ0v) is 26.4. The second kappa shape index (κ2) is 16.7. The summed E-state index contributed by atoms with van der Waals surface area (Å²) in [6, 6.07) is 36.6. The largest absolute Gasteiger partial charge is 0.396 e. The van der Waals surface area contributed by atoms with Crippen LogP contribution in [0.1, 0.15) is 84.1 Å². The molecule has 4 aromatic carbocycles. The summed E-state index contributed by atoms with van der Waals surface area (Å²) in [7, 11) is 0. The van der Waals surface area contributed by atoms with Gasteiger partial charge in [0.15, 0.2) is 0 Å². The van der Waals surface area contributed by atoms with Crippen molar-refractivity contribution in [1.82, 2.24) is 0 Å². The van der Waals surface area contributed by atoms with Crippen molar-refractivity contribution in [3.8, 4) is 0 Å². The third-order valence-electron chi connectivity index (χ3n) is 8.72. The van der Waals surface area contributed by atoms with Gasteiger partial charge < -0.3 is 19.3 Å². The Kier molecular flexibility index (Phi) is 12.2. The molecule has 0 spiro atoms. The van der Waals surface area contributed by atoms with Gasteiger partial charge in [-0.1, -0.05) is 116 Å². The fourth-order valence-electron chi connectivity index (χ4n) is 6.15. The first-order valence-electron chi connectivity index (χ1n) is 16.4. The summed E-state index contributed by atoms with van der Waals surface area (Å²) >= 11 is 0. The molecule has 0 aliphatic carbocycles. The Morgan fingerprint density at radius 2 is 1.41 bits per heavy atom.